The van der Waals surface area contributed by atoms with Gasteiger partial charge >= 0.3 is 5.97 Å². The van der Waals surface area contributed by atoms with Crippen molar-refractivity contribution >= 4 is 5.97 Å². The maximum atomic E-state index is 11.0. The van der Waals surface area contributed by atoms with E-state index in [0.29, 0.717) is 11.7 Å². The first-order chi connectivity index (χ1) is 7.98. The van der Waals surface area contributed by atoms with Crippen LogP contribution in [0.4, 0.5) is 0 Å². The Labute approximate surface area is 100 Å². The Kier molecular flexibility index (Phi) is 2.93. The minimum Gasteiger partial charge on any atom is -0.481 e. The van der Waals surface area contributed by atoms with Gasteiger partial charge in [-0.2, -0.15) is 4.98 Å². The van der Waals surface area contributed by atoms with Crippen LogP contribution in [0.2, 0.25) is 0 Å². The highest BCUT2D eigenvalue weighted by molar-refractivity contribution is 5.77. The number of nitrogens with zero attached hydrogens (tertiary/aromatic N) is 2. The van der Waals surface area contributed by atoms with Crippen LogP contribution in [-0.4, -0.2) is 21.2 Å². The fourth-order valence-electron chi connectivity index (χ4n) is 2.39. The molecule has 0 spiro atoms. The molecule has 0 amide bonds. The van der Waals surface area contributed by atoms with Crippen molar-refractivity contribution in [1.82, 2.24) is 10.1 Å². The van der Waals surface area contributed by atoms with Gasteiger partial charge in [-0.15, -0.1) is 0 Å². The topological polar surface area (TPSA) is 76.2 Å². The Morgan fingerprint density at radius 1 is 1.53 bits per heavy atom. The lowest BCUT2D eigenvalue weighted by molar-refractivity contribution is -0.139. The lowest BCUT2D eigenvalue weighted by Crippen LogP contribution is -2.03. The molecular formula is C12H18N2O3. The molecule has 1 aromatic rings. The normalized spacial score (nSPS) is 25.8. The van der Waals surface area contributed by atoms with Gasteiger partial charge in [0.15, 0.2) is 5.82 Å². The SMILES string of the molecule is CCCCc1noc(C2C(C(=O)O)C2(C)C)n1. The number of carboxylic acids is 1. The van der Waals surface area contributed by atoms with Gasteiger partial charge in [-0.1, -0.05) is 32.3 Å². The zero-order chi connectivity index (χ0) is 12.6. The molecule has 1 aliphatic rings. The fraction of sp³-hybridized carbons (Fsp3) is 0.750. The van der Waals surface area contributed by atoms with Crippen LogP contribution in [0.3, 0.4) is 0 Å². The van der Waals surface area contributed by atoms with Gasteiger partial charge in [0.2, 0.25) is 5.89 Å². The number of aryl methyl sites for hydroxylation is 1. The smallest absolute Gasteiger partial charge is 0.307 e. The Balaban J connectivity index is 2.09. The van der Waals surface area contributed by atoms with Crippen molar-refractivity contribution in [2.24, 2.45) is 11.3 Å². The van der Waals surface area contributed by atoms with Crippen molar-refractivity contribution in [2.45, 2.75) is 46.0 Å². The first-order valence-electron chi connectivity index (χ1n) is 6.03. The van der Waals surface area contributed by atoms with E-state index in [1.165, 1.54) is 0 Å². The van der Waals surface area contributed by atoms with Crippen molar-refractivity contribution in [3.8, 4) is 0 Å². The number of carbonyl (C=O) groups is 1. The molecule has 1 aliphatic carbocycles. The van der Waals surface area contributed by atoms with E-state index in [1.807, 2.05) is 13.8 Å². The lowest BCUT2D eigenvalue weighted by Gasteiger charge is -1.96. The van der Waals surface area contributed by atoms with E-state index in [4.69, 9.17) is 9.63 Å². The molecule has 1 saturated carbocycles. The van der Waals surface area contributed by atoms with Gasteiger partial charge in [-0.05, 0) is 11.8 Å². The van der Waals surface area contributed by atoms with Crippen molar-refractivity contribution in [3.63, 3.8) is 0 Å². The van der Waals surface area contributed by atoms with E-state index in [9.17, 15) is 4.79 Å². The molecule has 1 fully saturated rings. The molecule has 5 heteroatoms. The second-order valence-corrected chi connectivity index (χ2v) is 5.27. The number of rotatable bonds is 5. The molecular weight excluding hydrogens is 220 g/mol. The average molecular weight is 238 g/mol. The molecule has 94 valence electrons. The molecule has 1 N–H and O–H groups in total. The summed E-state index contributed by atoms with van der Waals surface area (Å²) < 4.78 is 5.18. The highest BCUT2D eigenvalue weighted by atomic mass is 16.5. The Hall–Kier alpha value is -1.39. The van der Waals surface area contributed by atoms with Crippen LogP contribution in [0.5, 0.6) is 0 Å². The molecule has 5 nitrogen and oxygen atoms in total. The van der Waals surface area contributed by atoms with Crippen molar-refractivity contribution in [1.29, 1.82) is 0 Å². The average Bonchev–Trinajstić information content (AvgIpc) is 2.63. The Bertz CT molecular complexity index is 425. The summed E-state index contributed by atoms with van der Waals surface area (Å²) in [4.78, 5) is 15.3. The third-order valence-electron chi connectivity index (χ3n) is 3.60. The number of aliphatic carboxylic acids is 1. The summed E-state index contributed by atoms with van der Waals surface area (Å²) in [5.41, 5.74) is -0.277. The molecule has 0 saturated heterocycles. The first-order valence-corrected chi connectivity index (χ1v) is 6.03. The standard InChI is InChI=1S/C12H18N2O3/c1-4-5-6-7-13-10(17-14-7)8-9(11(15)16)12(8,2)3/h8-9H,4-6H2,1-3H3,(H,15,16). The van der Waals surface area contributed by atoms with Crippen LogP contribution in [-0.2, 0) is 11.2 Å². The zero-order valence-electron chi connectivity index (χ0n) is 10.4. The van der Waals surface area contributed by atoms with Gasteiger partial charge in [-0.3, -0.25) is 4.79 Å². The molecule has 0 bridgehead atoms. The van der Waals surface area contributed by atoms with E-state index in [-0.39, 0.29) is 11.3 Å². The maximum Gasteiger partial charge on any atom is 0.307 e. The largest absolute Gasteiger partial charge is 0.481 e. The minimum absolute atomic E-state index is 0.136. The van der Waals surface area contributed by atoms with E-state index < -0.39 is 11.9 Å². The van der Waals surface area contributed by atoms with E-state index in [0.717, 1.165) is 19.3 Å². The first kappa shape index (κ1) is 12.1. The van der Waals surface area contributed by atoms with Crippen LogP contribution < -0.4 is 0 Å². The minimum atomic E-state index is -0.784. The Morgan fingerprint density at radius 2 is 2.24 bits per heavy atom. The molecule has 0 radical (unpaired) electrons. The predicted molar refractivity (Wildman–Crippen MR) is 60.6 cm³/mol. The van der Waals surface area contributed by atoms with Crippen LogP contribution >= 0.6 is 0 Å². The van der Waals surface area contributed by atoms with Crippen LogP contribution in [0.1, 0.15) is 51.2 Å². The molecule has 2 atom stereocenters. The monoisotopic (exact) mass is 238 g/mol. The van der Waals surface area contributed by atoms with Gasteiger partial charge in [0, 0.05) is 6.42 Å². The number of unbranched alkanes of at least 4 members (excludes halogenated alkanes) is 1. The number of hydrogen-bond acceptors (Lipinski definition) is 4. The number of aromatic nitrogens is 2. The zero-order valence-corrected chi connectivity index (χ0v) is 10.4. The molecule has 0 aliphatic heterocycles. The fourth-order valence-corrected chi connectivity index (χ4v) is 2.39. The Morgan fingerprint density at radius 3 is 2.76 bits per heavy atom. The highest BCUT2D eigenvalue weighted by Gasteiger charge is 2.65. The summed E-state index contributed by atoms with van der Waals surface area (Å²) in [6, 6.07) is 0. The van der Waals surface area contributed by atoms with Crippen molar-refractivity contribution in [3.05, 3.63) is 11.7 Å². The van der Waals surface area contributed by atoms with Crippen molar-refractivity contribution < 1.29 is 14.4 Å². The molecule has 17 heavy (non-hydrogen) atoms. The van der Waals surface area contributed by atoms with Gasteiger partial charge in [0.1, 0.15) is 0 Å². The van der Waals surface area contributed by atoms with Gasteiger partial charge in [0.25, 0.3) is 0 Å². The van der Waals surface area contributed by atoms with Crippen LogP contribution in [0, 0.1) is 11.3 Å². The van der Waals surface area contributed by atoms with Gasteiger partial charge < -0.3 is 9.63 Å². The third kappa shape index (κ3) is 2.06. The quantitative estimate of drug-likeness (QED) is 0.851. The second-order valence-electron chi connectivity index (χ2n) is 5.27. The second kappa shape index (κ2) is 4.13. The van der Waals surface area contributed by atoms with Gasteiger partial charge in [-0.25, -0.2) is 0 Å². The lowest BCUT2D eigenvalue weighted by atomic mass is 10.1. The van der Waals surface area contributed by atoms with E-state index in [2.05, 4.69) is 17.1 Å². The molecule has 1 heterocycles. The highest BCUT2D eigenvalue weighted by Crippen LogP contribution is 2.63. The van der Waals surface area contributed by atoms with Crippen LogP contribution in [0.25, 0.3) is 0 Å². The molecule has 0 aromatic carbocycles. The summed E-state index contributed by atoms with van der Waals surface area (Å²) in [5.74, 6) is -0.152. The molecule has 2 rings (SSSR count). The third-order valence-corrected chi connectivity index (χ3v) is 3.60. The van der Waals surface area contributed by atoms with Gasteiger partial charge in [0.05, 0.1) is 11.8 Å². The number of hydrogen-bond donors (Lipinski definition) is 1. The van der Waals surface area contributed by atoms with Crippen molar-refractivity contribution in [2.75, 3.05) is 0 Å². The van der Waals surface area contributed by atoms with E-state index >= 15 is 0 Å². The summed E-state index contributed by atoms with van der Waals surface area (Å²) in [6.45, 7) is 5.95. The summed E-state index contributed by atoms with van der Waals surface area (Å²) >= 11 is 0. The van der Waals surface area contributed by atoms with E-state index in [1.54, 1.807) is 0 Å². The predicted octanol–water partition coefficient (Wildman–Crippen LogP) is 2.24. The summed E-state index contributed by atoms with van der Waals surface area (Å²) in [5, 5.41) is 13.0. The number of carboxylic acid groups (broad SMARTS) is 1. The molecule has 2 unspecified atom stereocenters. The summed E-state index contributed by atoms with van der Waals surface area (Å²) in [6.07, 6.45) is 2.90. The van der Waals surface area contributed by atoms with Crippen LogP contribution in [0.15, 0.2) is 4.52 Å². The summed E-state index contributed by atoms with van der Waals surface area (Å²) in [7, 11) is 0. The molecule has 1 aromatic heterocycles. The maximum absolute atomic E-state index is 11.0.